The lowest BCUT2D eigenvalue weighted by Gasteiger charge is -2.12. The molecule has 0 saturated carbocycles. The van der Waals surface area contributed by atoms with Crippen LogP contribution < -0.4 is 14.8 Å². The van der Waals surface area contributed by atoms with Crippen LogP contribution in [0.3, 0.4) is 0 Å². The highest BCUT2D eigenvalue weighted by Gasteiger charge is 2.15. The van der Waals surface area contributed by atoms with Gasteiger partial charge in [-0.25, -0.2) is 8.42 Å². The van der Waals surface area contributed by atoms with E-state index in [0.717, 1.165) is 11.1 Å². The van der Waals surface area contributed by atoms with Gasteiger partial charge in [-0.05, 0) is 67.4 Å². The number of rotatable bonds is 7. The Balaban J connectivity index is 1.63. The largest absolute Gasteiger partial charge is 0.484 e. The Hall–Kier alpha value is -3.32. The molecule has 150 valence electrons. The zero-order valence-electron chi connectivity index (χ0n) is 16.2. The maximum Gasteiger partial charge on any atom is 0.262 e. The van der Waals surface area contributed by atoms with Crippen molar-refractivity contribution in [2.24, 2.45) is 0 Å². The number of hydrogen-bond donors (Lipinski definition) is 2. The van der Waals surface area contributed by atoms with Crippen LogP contribution in [0.25, 0.3) is 0 Å². The van der Waals surface area contributed by atoms with Crippen LogP contribution >= 0.6 is 0 Å². The Morgan fingerprint density at radius 3 is 2.31 bits per heavy atom. The molecule has 3 aromatic carbocycles. The predicted molar refractivity (Wildman–Crippen MR) is 114 cm³/mol. The zero-order valence-corrected chi connectivity index (χ0v) is 17.0. The van der Waals surface area contributed by atoms with Crippen LogP contribution in [0.1, 0.15) is 11.1 Å². The van der Waals surface area contributed by atoms with Gasteiger partial charge in [0.05, 0.1) is 10.6 Å². The number of amides is 1. The Morgan fingerprint density at radius 1 is 0.931 bits per heavy atom. The zero-order chi connectivity index (χ0) is 20.9. The summed E-state index contributed by atoms with van der Waals surface area (Å²) in [6.45, 7) is 3.60. The molecule has 0 aromatic heterocycles. The van der Waals surface area contributed by atoms with E-state index in [4.69, 9.17) is 4.74 Å². The summed E-state index contributed by atoms with van der Waals surface area (Å²) < 4.78 is 33.3. The van der Waals surface area contributed by atoms with Crippen molar-refractivity contribution >= 4 is 27.3 Å². The van der Waals surface area contributed by atoms with Crippen molar-refractivity contribution in [3.05, 3.63) is 83.9 Å². The standard InChI is InChI=1S/C22H22N2O4S/c1-16-8-9-17(2)21(14-16)24-29(26,27)20-12-10-18(11-13-20)23-22(25)15-28-19-6-4-3-5-7-19/h3-14,24H,15H2,1-2H3,(H,23,25). The fourth-order valence-corrected chi connectivity index (χ4v) is 3.75. The smallest absolute Gasteiger partial charge is 0.262 e. The minimum absolute atomic E-state index is 0.108. The van der Waals surface area contributed by atoms with E-state index in [1.165, 1.54) is 24.3 Å². The summed E-state index contributed by atoms with van der Waals surface area (Å²) in [5, 5.41) is 2.68. The molecule has 0 heterocycles. The number of ether oxygens (including phenoxy) is 1. The van der Waals surface area contributed by atoms with Crippen molar-refractivity contribution in [3.63, 3.8) is 0 Å². The number of anilines is 2. The summed E-state index contributed by atoms with van der Waals surface area (Å²) in [4.78, 5) is 12.1. The molecular weight excluding hydrogens is 388 g/mol. The molecule has 0 radical (unpaired) electrons. The quantitative estimate of drug-likeness (QED) is 0.614. The average Bonchev–Trinajstić information content (AvgIpc) is 2.70. The lowest BCUT2D eigenvalue weighted by atomic mass is 10.1. The molecule has 2 N–H and O–H groups in total. The first-order valence-electron chi connectivity index (χ1n) is 9.01. The minimum Gasteiger partial charge on any atom is -0.484 e. The minimum atomic E-state index is -3.73. The van der Waals surface area contributed by atoms with Crippen LogP contribution in [0.2, 0.25) is 0 Å². The molecular formula is C22H22N2O4S. The van der Waals surface area contributed by atoms with Crippen molar-refractivity contribution < 1.29 is 17.9 Å². The van der Waals surface area contributed by atoms with Gasteiger partial charge in [-0.15, -0.1) is 0 Å². The van der Waals surface area contributed by atoms with Crippen molar-refractivity contribution in [3.8, 4) is 5.75 Å². The summed E-state index contributed by atoms with van der Waals surface area (Å²) in [6, 6.07) is 20.6. The van der Waals surface area contributed by atoms with Crippen LogP contribution in [-0.4, -0.2) is 20.9 Å². The number of carbonyl (C=O) groups excluding carboxylic acids is 1. The van der Waals surface area contributed by atoms with Crippen molar-refractivity contribution in [2.45, 2.75) is 18.7 Å². The monoisotopic (exact) mass is 410 g/mol. The number of benzene rings is 3. The maximum atomic E-state index is 12.6. The third-order valence-corrected chi connectivity index (χ3v) is 5.58. The second kappa shape index (κ2) is 8.79. The van der Waals surface area contributed by atoms with Crippen LogP contribution in [-0.2, 0) is 14.8 Å². The summed E-state index contributed by atoms with van der Waals surface area (Å²) >= 11 is 0. The Labute approximate surface area is 170 Å². The highest BCUT2D eigenvalue weighted by molar-refractivity contribution is 7.92. The summed E-state index contributed by atoms with van der Waals surface area (Å²) in [7, 11) is -3.73. The van der Waals surface area contributed by atoms with Gasteiger partial charge in [0.25, 0.3) is 15.9 Å². The molecule has 0 saturated heterocycles. The van der Waals surface area contributed by atoms with Crippen LogP contribution in [0, 0.1) is 13.8 Å². The maximum absolute atomic E-state index is 12.6. The van der Waals surface area contributed by atoms with Crippen molar-refractivity contribution in [1.82, 2.24) is 0 Å². The molecule has 7 heteroatoms. The first-order valence-corrected chi connectivity index (χ1v) is 10.5. The van der Waals surface area contributed by atoms with Gasteiger partial charge in [0.2, 0.25) is 0 Å². The van der Waals surface area contributed by atoms with Gasteiger partial charge in [-0.2, -0.15) is 0 Å². The van der Waals surface area contributed by atoms with Crippen molar-refractivity contribution in [1.29, 1.82) is 0 Å². The highest BCUT2D eigenvalue weighted by atomic mass is 32.2. The van der Waals surface area contributed by atoms with Gasteiger partial charge in [-0.1, -0.05) is 30.3 Å². The molecule has 0 atom stereocenters. The molecule has 0 spiro atoms. The third kappa shape index (κ3) is 5.58. The van der Waals surface area contributed by atoms with E-state index in [9.17, 15) is 13.2 Å². The molecule has 1 amide bonds. The lowest BCUT2D eigenvalue weighted by Crippen LogP contribution is -2.20. The number of para-hydroxylation sites is 1. The topological polar surface area (TPSA) is 84.5 Å². The van der Waals surface area contributed by atoms with Gasteiger partial charge in [0.15, 0.2) is 6.61 Å². The third-order valence-electron chi connectivity index (χ3n) is 4.20. The molecule has 0 fully saturated rings. The average molecular weight is 410 g/mol. The van der Waals surface area contributed by atoms with Crippen molar-refractivity contribution in [2.75, 3.05) is 16.6 Å². The summed E-state index contributed by atoms with van der Waals surface area (Å²) in [5.41, 5.74) is 2.82. The first kappa shape index (κ1) is 20.4. The number of aryl methyl sites for hydroxylation is 2. The number of carbonyl (C=O) groups is 1. The fraction of sp³-hybridized carbons (Fsp3) is 0.136. The SMILES string of the molecule is Cc1ccc(C)c(NS(=O)(=O)c2ccc(NC(=O)COc3ccccc3)cc2)c1. The summed E-state index contributed by atoms with van der Waals surface area (Å²) in [6.07, 6.45) is 0. The number of hydrogen-bond acceptors (Lipinski definition) is 4. The first-order chi connectivity index (χ1) is 13.8. The molecule has 0 bridgehead atoms. The normalized spacial score (nSPS) is 11.0. The molecule has 0 aliphatic carbocycles. The van der Waals surface area contributed by atoms with Crippen LogP contribution in [0.4, 0.5) is 11.4 Å². The van der Waals surface area contributed by atoms with Gasteiger partial charge < -0.3 is 10.1 Å². The molecule has 6 nitrogen and oxygen atoms in total. The second-order valence-corrected chi connectivity index (χ2v) is 8.28. The predicted octanol–water partition coefficient (Wildman–Crippen LogP) is 4.12. The molecule has 0 aliphatic heterocycles. The van der Waals surface area contributed by atoms with E-state index >= 15 is 0 Å². The van der Waals surface area contributed by atoms with Crippen LogP contribution in [0.15, 0.2) is 77.7 Å². The fourth-order valence-electron chi connectivity index (χ4n) is 2.63. The Kier molecular flexibility index (Phi) is 6.19. The second-order valence-electron chi connectivity index (χ2n) is 6.60. The van der Waals surface area contributed by atoms with E-state index in [1.54, 1.807) is 18.2 Å². The Bertz CT molecular complexity index is 1100. The van der Waals surface area contributed by atoms with E-state index in [0.29, 0.717) is 17.1 Å². The Morgan fingerprint density at radius 2 is 1.62 bits per heavy atom. The van der Waals surface area contributed by atoms with Gasteiger partial charge >= 0.3 is 0 Å². The van der Waals surface area contributed by atoms with Crippen LogP contribution in [0.5, 0.6) is 5.75 Å². The molecule has 3 aromatic rings. The van der Waals surface area contributed by atoms with Gasteiger partial charge in [0, 0.05) is 5.69 Å². The van der Waals surface area contributed by atoms with E-state index < -0.39 is 10.0 Å². The number of sulfonamides is 1. The van der Waals surface area contributed by atoms with E-state index in [2.05, 4.69) is 10.0 Å². The molecule has 29 heavy (non-hydrogen) atoms. The number of nitrogens with one attached hydrogen (secondary N) is 2. The van der Waals surface area contributed by atoms with E-state index in [1.807, 2.05) is 44.2 Å². The highest BCUT2D eigenvalue weighted by Crippen LogP contribution is 2.22. The van der Waals surface area contributed by atoms with Gasteiger partial charge in [-0.3, -0.25) is 9.52 Å². The van der Waals surface area contributed by atoms with Gasteiger partial charge in [0.1, 0.15) is 5.75 Å². The molecule has 3 rings (SSSR count). The molecule has 0 aliphatic rings. The lowest BCUT2D eigenvalue weighted by molar-refractivity contribution is -0.118. The summed E-state index contributed by atoms with van der Waals surface area (Å²) in [5.74, 6) is 0.263. The van der Waals surface area contributed by atoms with E-state index in [-0.39, 0.29) is 17.4 Å². The molecule has 0 unspecified atom stereocenters.